The largest absolute Gasteiger partial charge is 0.490 e. The molecule has 0 spiro atoms. The Kier molecular flexibility index (Phi) is 5.95. The number of aryl methyl sites for hydroxylation is 2. The molecule has 29 heavy (non-hydrogen) atoms. The Morgan fingerprint density at radius 1 is 1.10 bits per heavy atom. The lowest BCUT2D eigenvalue weighted by atomic mass is 10.3. The van der Waals surface area contributed by atoms with Crippen LogP contribution >= 0.6 is 0 Å². The van der Waals surface area contributed by atoms with E-state index in [1.54, 1.807) is 16.8 Å². The van der Waals surface area contributed by atoms with E-state index in [1.165, 1.54) is 30.5 Å². The number of primary sulfonamides is 1. The van der Waals surface area contributed by atoms with Gasteiger partial charge in [0.15, 0.2) is 5.82 Å². The zero-order chi connectivity index (χ0) is 21.0. The predicted octanol–water partition coefficient (Wildman–Crippen LogP) is 1.77. The minimum atomic E-state index is -3.75. The highest BCUT2D eigenvalue weighted by atomic mass is 32.2. The molecule has 152 valence electrons. The van der Waals surface area contributed by atoms with Crippen LogP contribution in [-0.4, -0.2) is 42.4 Å². The molecule has 0 aliphatic heterocycles. The summed E-state index contributed by atoms with van der Waals surface area (Å²) in [6.45, 7) is 3.95. The third-order valence-corrected chi connectivity index (χ3v) is 4.88. The SMILES string of the molecule is Cc1cc(C)n(-c2ccc(C(=O)OCCOc3ccc(S(N)(=O)=O)cc3)cn2)n1. The molecule has 2 heterocycles. The van der Waals surface area contributed by atoms with E-state index in [2.05, 4.69) is 10.1 Å². The van der Waals surface area contributed by atoms with Gasteiger partial charge in [0, 0.05) is 11.9 Å². The van der Waals surface area contributed by atoms with Gasteiger partial charge in [-0.25, -0.2) is 28.0 Å². The number of pyridine rings is 1. The fraction of sp³-hybridized carbons (Fsp3) is 0.211. The molecule has 3 rings (SSSR count). The second kappa shape index (κ2) is 8.41. The van der Waals surface area contributed by atoms with E-state index in [4.69, 9.17) is 14.6 Å². The number of nitrogens with two attached hydrogens (primary N) is 1. The number of benzene rings is 1. The van der Waals surface area contributed by atoms with Crippen molar-refractivity contribution in [3.63, 3.8) is 0 Å². The van der Waals surface area contributed by atoms with Crippen molar-refractivity contribution < 1.29 is 22.7 Å². The molecule has 0 saturated heterocycles. The standard InChI is InChI=1S/C19H20N4O5S/c1-13-11-14(2)23(22-13)18-8-3-15(12-21-18)19(24)28-10-9-27-16-4-6-17(7-5-16)29(20,25)26/h3-8,11-12H,9-10H2,1-2H3,(H2,20,25,26). The van der Waals surface area contributed by atoms with Crippen LogP contribution in [0.1, 0.15) is 21.7 Å². The van der Waals surface area contributed by atoms with Gasteiger partial charge in [-0.05, 0) is 56.3 Å². The third-order valence-electron chi connectivity index (χ3n) is 3.95. The number of esters is 1. The number of ether oxygens (including phenoxy) is 2. The van der Waals surface area contributed by atoms with Crippen LogP contribution in [0, 0.1) is 13.8 Å². The molecule has 1 aromatic carbocycles. The van der Waals surface area contributed by atoms with E-state index in [-0.39, 0.29) is 18.1 Å². The van der Waals surface area contributed by atoms with E-state index in [9.17, 15) is 13.2 Å². The van der Waals surface area contributed by atoms with Crippen LogP contribution in [0.2, 0.25) is 0 Å². The van der Waals surface area contributed by atoms with Crippen molar-refractivity contribution in [3.8, 4) is 11.6 Å². The molecule has 0 aliphatic carbocycles. The molecule has 0 saturated carbocycles. The Morgan fingerprint density at radius 2 is 1.83 bits per heavy atom. The maximum atomic E-state index is 12.1. The number of hydrogen-bond acceptors (Lipinski definition) is 7. The van der Waals surface area contributed by atoms with Crippen molar-refractivity contribution >= 4 is 16.0 Å². The average Bonchev–Trinajstić information content (AvgIpc) is 3.03. The summed E-state index contributed by atoms with van der Waals surface area (Å²) in [6.07, 6.45) is 1.43. The van der Waals surface area contributed by atoms with Crippen molar-refractivity contribution in [2.24, 2.45) is 5.14 Å². The summed E-state index contributed by atoms with van der Waals surface area (Å²) in [7, 11) is -3.75. The van der Waals surface area contributed by atoms with Crippen molar-refractivity contribution in [1.29, 1.82) is 0 Å². The second-order valence-corrected chi connectivity index (χ2v) is 7.81. The summed E-state index contributed by atoms with van der Waals surface area (Å²) < 4.78 is 34.7. The van der Waals surface area contributed by atoms with E-state index in [0.717, 1.165) is 11.4 Å². The van der Waals surface area contributed by atoms with Crippen LogP contribution < -0.4 is 9.88 Å². The van der Waals surface area contributed by atoms with Crippen LogP contribution in [0.5, 0.6) is 5.75 Å². The number of carbonyl (C=O) groups excluding carboxylic acids is 1. The Bertz CT molecular complexity index is 1110. The first-order valence-corrected chi connectivity index (χ1v) is 10.2. The molecule has 0 aliphatic rings. The van der Waals surface area contributed by atoms with Gasteiger partial charge in [-0.1, -0.05) is 0 Å². The van der Waals surface area contributed by atoms with E-state index < -0.39 is 16.0 Å². The number of nitrogens with zero attached hydrogens (tertiary/aromatic N) is 3. The molecule has 10 heteroatoms. The highest BCUT2D eigenvalue weighted by Crippen LogP contribution is 2.15. The molecular weight excluding hydrogens is 396 g/mol. The van der Waals surface area contributed by atoms with Crippen molar-refractivity contribution in [1.82, 2.24) is 14.8 Å². The van der Waals surface area contributed by atoms with Gasteiger partial charge in [-0.15, -0.1) is 0 Å². The van der Waals surface area contributed by atoms with Gasteiger partial charge in [-0.3, -0.25) is 0 Å². The van der Waals surface area contributed by atoms with Gasteiger partial charge in [0.25, 0.3) is 0 Å². The molecule has 2 aromatic heterocycles. The highest BCUT2D eigenvalue weighted by Gasteiger charge is 2.11. The Hall–Kier alpha value is -3.24. The number of carbonyl (C=O) groups is 1. The van der Waals surface area contributed by atoms with Crippen LogP contribution in [0.25, 0.3) is 5.82 Å². The zero-order valence-corrected chi connectivity index (χ0v) is 16.7. The average molecular weight is 416 g/mol. The van der Waals surface area contributed by atoms with Crippen LogP contribution in [0.15, 0.2) is 53.6 Å². The minimum absolute atomic E-state index is 0.00677. The summed E-state index contributed by atoms with van der Waals surface area (Å²) in [6, 6.07) is 10.9. The lowest BCUT2D eigenvalue weighted by molar-refractivity contribution is 0.0450. The number of sulfonamides is 1. The van der Waals surface area contributed by atoms with Crippen molar-refractivity contribution in [2.45, 2.75) is 18.7 Å². The normalized spacial score (nSPS) is 11.3. The molecular formula is C19H20N4O5S. The van der Waals surface area contributed by atoms with Gasteiger partial charge in [0.1, 0.15) is 19.0 Å². The predicted molar refractivity (Wildman–Crippen MR) is 104 cm³/mol. The quantitative estimate of drug-likeness (QED) is 0.459. The number of aromatic nitrogens is 3. The van der Waals surface area contributed by atoms with Crippen molar-refractivity contribution in [3.05, 3.63) is 65.6 Å². The van der Waals surface area contributed by atoms with Crippen LogP contribution in [0.4, 0.5) is 0 Å². The van der Waals surface area contributed by atoms with E-state index in [1.807, 2.05) is 19.9 Å². The molecule has 0 amide bonds. The van der Waals surface area contributed by atoms with E-state index in [0.29, 0.717) is 17.1 Å². The fourth-order valence-corrected chi connectivity index (χ4v) is 3.11. The lowest BCUT2D eigenvalue weighted by Crippen LogP contribution is -2.13. The first-order chi connectivity index (χ1) is 13.7. The summed E-state index contributed by atoms with van der Waals surface area (Å²) in [5.74, 6) is 0.522. The molecule has 9 nitrogen and oxygen atoms in total. The molecule has 0 unspecified atom stereocenters. The van der Waals surface area contributed by atoms with E-state index >= 15 is 0 Å². The number of rotatable bonds is 7. The van der Waals surface area contributed by atoms with Crippen LogP contribution in [0.3, 0.4) is 0 Å². The second-order valence-electron chi connectivity index (χ2n) is 6.24. The van der Waals surface area contributed by atoms with Gasteiger partial charge in [-0.2, -0.15) is 5.10 Å². The summed E-state index contributed by atoms with van der Waals surface area (Å²) >= 11 is 0. The molecule has 0 radical (unpaired) electrons. The number of hydrogen-bond donors (Lipinski definition) is 1. The maximum Gasteiger partial charge on any atom is 0.339 e. The summed E-state index contributed by atoms with van der Waals surface area (Å²) in [5.41, 5.74) is 2.14. The minimum Gasteiger partial charge on any atom is -0.490 e. The monoisotopic (exact) mass is 416 g/mol. The molecule has 0 atom stereocenters. The summed E-state index contributed by atoms with van der Waals surface area (Å²) in [5, 5.41) is 9.38. The zero-order valence-electron chi connectivity index (χ0n) is 15.9. The van der Waals surface area contributed by atoms with Gasteiger partial charge in [0.05, 0.1) is 16.2 Å². The highest BCUT2D eigenvalue weighted by molar-refractivity contribution is 7.89. The van der Waals surface area contributed by atoms with Crippen LogP contribution in [-0.2, 0) is 14.8 Å². The molecule has 0 bridgehead atoms. The first kappa shape index (κ1) is 20.5. The van der Waals surface area contributed by atoms with Crippen molar-refractivity contribution in [2.75, 3.05) is 13.2 Å². The lowest BCUT2D eigenvalue weighted by Gasteiger charge is -2.08. The topological polar surface area (TPSA) is 126 Å². The maximum absolute atomic E-state index is 12.1. The molecule has 0 fully saturated rings. The smallest absolute Gasteiger partial charge is 0.339 e. The Labute approximate surface area is 168 Å². The van der Waals surface area contributed by atoms with Gasteiger partial charge < -0.3 is 9.47 Å². The fourth-order valence-electron chi connectivity index (χ4n) is 2.60. The van der Waals surface area contributed by atoms with Gasteiger partial charge >= 0.3 is 5.97 Å². The Morgan fingerprint density at radius 3 is 2.38 bits per heavy atom. The molecule has 3 aromatic rings. The Balaban J connectivity index is 1.50. The van der Waals surface area contributed by atoms with Gasteiger partial charge in [0.2, 0.25) is 10.0 Å². The first-order valence-electron chi connectivity index (χ1n) is 8.66. The third kappa shape index (κ3) is 5.18. The molecule has 2 N–H and O–H groups in total. The summed E-state index contributed by atoms with van der Waals surface area (Å²) in [4.78, 5) is 16.4.